The minimum Gasteiger partial charge on any atom is -0.502 e. The molecule has 0 bridgehead atoms. The number of phenols is 1. The number of aromatic hydroxyl groups is 1. The fourth-order valence-electron chi connectivity index (χ4n) is 1.04. The van der Waals surface area contributed by atoms with Crippen molar-refractivity contribution in [3.05, 3.63) is 33.9 Å². The third kappa shape index (κ3) is 3.18. The lowest BCUT2D eigenvalue weighted by Crippen LogP contribution is -2.14. The second kappa shape index (κ2) is 3.83. The molecule has 15 heavy (non-hydrogen) atoms. The number of phenolic OH excluding ortho intramolecular Hbond substituents is 1. The third-order valence-electron chi connectivity index (χ3n) is 1.60. The van der Waals surface area contributed by atoms with Crippen molar-refractivity contribution in [3.63, 3.8) is 0 Å². The SMILES string of the molecule is NS(=O)(=O)Cc1ccc(O)c([N+](=O)[O-])c1. The molecule has 0 aliphatic rings. The molecule has 3 N–H and O–H groups in total. The lowest BCUT2D eigenvalue weighted by atomic mass is 10.2. The maximum absolute atomic E-state index is 10.7. The third-order valence-corrected chi connectivity index (χ3v) is 2.34. The van der Waals surface area contributed by atoms with Gasteiger partial charge in [0.1, 0.15) is 0 Å². The van der Waals surface area contributed by atoms with Gasteiger partial charge in [-0.3, -0.25) is 10.1 Å². The van der Waals surface area contributed by atoms with E-state index >= 15 is 0 Å². The zero-order chi connectivity index (χ0) is 11.6. The molecule has 0 heterocycles. The van der Waals surface area contributed by atoms with E-state index in [2.05, 4.69) is 0 Å². The molecule has 0 saturated heterocycles. The Balaban J connectivity index is 3.14. The van der Waals surface area contributed by atoms with Crippen LogP contribution in [-0.4, -0.2) is 18.4 Å². The summed E-state index contributed by atoms with van der Waals surface area (Å²) in [5.74, 6) is -1.02. The average molecular weight is 232 g/mol. The van der Waals surface area contributed by atoms with Gasteiger partial charge in [0.25, 0.3) is 0 Å². The lowest BCUT2D eigenvalue weighted by molar-refractivity contribution is -0.385. The van der Waals surface area contributed by atoms with E-state index in [4.69, 9.17) is 10.2 Å². The number of hydrogen-bond donors (Lipinski definition) is 2. The first-order valence-electron chi connectivity index (χ1n) is 3.76. The molecular formula is C7H8N2O5S. The Kier molecular flexibility index (Phi) is 2.91. The zero-order valence-electron chi connectivity index (χ0n) is 7.45. The van der Waals surface area contributed by atoms with Crippen LogP contribution in [0.25, 0.3) is 0 Å². The second-order valence-corrected chi connectivity index (χ2v) is 4.50. The van der Waals surface area contributed by atoms with E-state index < -0.39 is 32.1 Å². The smallest absolute Gasteiger partial charge is 0.310 e. The molecule has 1 rings (SSSR count). The van der Waals surface area contributed by atoms with E-state index in [1.54, 1.807) is 0 Å². The Bertz CT molecular complexity index is 496. The van der Waals surface area contributed by atoms with Crippen molar-refractivity contribution in [1.29, 1.82) is 0 Å². The highest BCUT2D eigenvalue weighted by molar-refractivity contribution is 7.88. The van der Waals surface area contributed by atoms with E-state index in [1.807, 2.05) is 0 Å². The summed E-state index contributed by atoms with van der Waals surface area (Å²) in [5.41, 5.74) is -0.391. The Labute approximate surface area is 85.3 Å². The highest BCUT2D eigenvalue weighted by Crippen LogP contribution is 2.26. The molecule has 0 spiro atoms. The molecular weight excluding hydrogens is 224 g/mol. The zero-order valence-corrected chi connectivity index (χ0v) is 8.27. The topological polar surface area (TPSA) is 124 Å². The minimum absolute atomic E-state index is 0.155. The van der Waals surface area contributed by atoms with Crippen LogP contribution < -0.4 is 5.14 Å². The van der Waals surface area contributed by atoms with Crippen molar-refractivity contribution in [2.24, 2.45) is 5.14 Å². The van der Waals surface area contributed by atoms with Crippen molar-refractivity contribution in [1.82, 2.24) is 0 Å². The molecule has 0 aliphatic carbocycles. The number of hydrogen-bond acceptors (Lipinski definition) is 5. The first kappa shape index (κ1) is 11.4. The van der Waals surface area contributed by atoms with Crippen molar-refractivity contribution in [3.8, 4) is 5.75 Å². The number of nitrogens with zero attached hydrogens (tertiary/aromatic N) is 1. The number of benzene rings is 1. The molecule has 0 atom stereocenters. The van der Waals surface area contributed by atoms with Gasteiger partial charge in [-0.2, -0.15) is 0 Å². The highest BCUT2D eigenvalue weighted by atomic mass is 32.2. The van der Waals surface area contributed by atoms with Crippen LogP contribution in [0.2, 0.25) is 0 Å². The molecule has 1 aromatic rings. The molecule has 0 radical (unpaired) electrons. The number of sulfonamides is 1. The molecule has 0 unspecified atom stereocenters. The number of nitrogens with two attached hydrogens (primary N) is 1. The van der Waals surface area contributed by atoms with E-state index in [0.717, 1.165) is 12.1 Å². The van der Waals surface area contributed by atoms with E-state index in [-0.39, 0.29) is 5.56 Å². The van der Waals surface area contributed by atoms with Crippen LogP contribution in [0, 0.1) is 10.1 Å². The summed E-state index contributed by atoms with van der Waals surface area (Å²) in [6.07, 6.45) is 0. The van der Waals surface area contributed by atoms with E-state index in [1.165, 1.54) is 6.07 Å². The summed E-state index contributed by atoms with van der Waals surface area (Å²) < 4.78 is 21.4. The average Bonchev–Trinajstić information content (AvgIpc) is 2.05. The van der Waals surface area contributed by atoms with Crippen LogP contribution in [0.3, 0.4) is 0 Å². The molecule has 8 heteroatoms. The van der Waals surface area contributed by atoms with Crippen LogP contribution in [-0.2, 0) is 15.8 Å². The van der Waals surface area contributed by atoms with Crippen LogP contribution in [0.4, 0.5) is 5.69 Å². The van der Waals surface area contributed by atoms with Gasteiger partial charge in [-0.15, -0.1) is 0 Å². The highest BCUT2D eigenvalue weighted by Gasteiger charge is 2.15. The van der Waals surface area contributed by atoms with Crippen molar-refractivity contribution >= 4 is 15.7 Å². The number of nitro groups is 1. The van der Waals surface area contributed by atoms with E-state index in [9.17, 15) is 18.5 Å². The number of nitro benzene ring substituents is 1. The molecule has 7 nitrogen and oxygen atoms in total. The number of rotatable bonds is 3. The van der Waals surface area contributed by atoms with Gasteiger partial charge < -0.3 is 5.11 Å². The Morgan fingerprint density at radius 1 is 1.47 bits per heavy atom. The fourth-order valence-corrected chi connectivity index (χ4v) is 1.68. The summed E-state index contributed by atoms with van der Waals surface area (Å²) >= 11 is 0. The van der Waals surface area contributed by atoms with Crippen LogP contribution in [0.1, 0.15) is 5.56 Å². The van der Waals surface area contributed by atoms with Crippen molar-refractivity contribution in [2.75, 3.05) is 0 Å². The Hall–Kier alpha value is -1.67. The van der Waals surface area contributed by atoms with Gasteiger partial charge in [0.15, 0.2) is 5.75 Å². The predicted octanol–water partition coefficient (Wildman–Crippen LogP) is 0.0889. The first-order chi connectivity index (χ1) is 6.79. The van der Waals surface area contributed by atoms with Gasteiger partial charge in [0, 0.05) is 6.07 Å². The summed E-state index contributed by atoms with van der Waals surface area (Å²) in [5, 5.41) is 24.3. The molecule has 82 valence electrons. The molecule has 1 aromatic carbocycles. The van der Waals surface area contributed by atoms with Crippen molar-refractivity contribution < 1.29 is 18.4 Å². The monoisotopic (exact) mass is 232 g/mol. The van der Waals surface area contributed by atoms with Gasteiger partial charge in [-0.25, -0.2) is 13.6 Å². The molecule has 0 amide bonds. The summed E-state index contributed by atoms with van der Waals surface area (Å²) in [4.78, 5) is 9.60. The largest absolute Gasteiger partial charge is 0.502 e. The van der Waals surface area contributed by atoms with Gasteiger partial charge in [0.05, 0.1) is 10.7 Å². The van der Waals surface area contributed by atoms with Crippen LogP contribution >= 0.6 is 0 Å². The normalized spacial score (nSPS) is 11.3. The summed E-state index contributed by atoms with van der Waals surface area (Å²) in [6.45, 7) is 0. The summed E-state index contributed by atoms with van der Waals surface area (Å²) in [6, 6.07) is 3.28. The Morgan fingerprint density at radius 3 is 2.53 bits per heavy atom. The summed E-state index contributed by atoms with van der Waals surface area (Å²) in [7, 11) is -3.74. The van der Waals surface area contributed by atoms with Gasteiger partial charge in [-0.05, 0) is 11.6 Å². The lowest BCUT2D eigenvalue weighted by Gasteiger charge is -2.00. The van der Waals surface area contributed by atoms with Crippen LogP contribution in [0.15, 0.2) is 18.2 Å². The molecule has 0 saturated carbocycles. The quantitative estimate of drug-likeness (QED) is 0.564. The molecule has 0 fully saturated rings. The first-order valence-corrected chi connectivity index (χ1v) is 5.48. The number of primary sulfonamides is 1. The maximum atomic E-state index is 10.7. The van der Waals surface area contributed by atoms with Crippen molar-refractivity contribution in [2.45, 2.75) is 5.75 Å². The standard InChI is InChI=1S/C7H8N2O5S/c8-15(13,14)4-5-1-2-7(10)6(3-5)9(11)12/h1-3,10H,4H2,(H2,8,13,14). The Morgan fingerprint density at radius 2 is 2.07 bits per heavy atom. The second-order valence-electron chi connectivity index (χ2n) is 2.89. The van der Waals surface area contributed by atoms with Gasteiger partial charge in [0.2, 0.25) is 10.0 Å². The van der Waals surface area contributed by atoms with Gasteiger partial charge in [-0.1, -0.05) is 6.07 Å². The fraction of sp³-hybridized carbons (Fsp3) is 0.143. The minimum atomic E-state index is -3.74. The van der Waals surface area contributed by atoms with E-state index in [0.29, 0.717) is 0 Å². The predicted molar refractivity (Wildman–Crippen MR) is 51.6 cm³/mol. The molecule has 0 aromatic heterocycles. The molecule has 0 aliphatic heterocycles. The van der Waals surface area contributed by atoms with Gasteiger partial charge >= 0.3 is 5.69 Å². The van der Waals surface area contributed by atoms with Crippen LogP contribution in [0.5, 0.6) is 5.75 Å². The maximum Gasteiger partial charge on any atom is 0.310 e.